The summed E-state index contributed by atoms with van der Waals surface area (Å²) in [6, 6.07) is 1.35. The molecule has 0 saturated heterocycles. The van der Waals surface area contributed by atoms with E-state index in [1.807, 2.05) is 0 Å². The fourth-order valence-electron chi connectivity index (χ4n) is 1.04. The van der Waals surface area contributed by atoms with E-state index in [2.05, 4.69) is 0 Å². The van der Waals surface area contributed by atoms with Gasteiger partial charge in [-0.1, -0.05) is 11.6 Å². The van der Waals surface area contributed by atoms with Gasteiger partial charge in [0.25, 0.3) is 5.69 Å². The monoisotopic (exact) mass is 218 g/mol. The lowest BCUT2D eigenvalue weighted by atomic mass is 10.1. The zero-order valence-electron chi connectivity index (χ0n) is 7.33. The Morgan fingerprint density at radius 1 is 1.64 bits per heavy atom. The number of halogens is 2. The van der Waals surface area contributed by atoms with Crippen molar-refractivity contribution in [2.75, 3.05) is 0 Å². The van der Waals surface area contributed by atoms with Gasteiger partial charge in [0.15, 0.2) is 0 Å². The number of hydrogen-bond donors (Lipinski definition) is 1. The molecule has 1 aromatic carbocycles. The van der Waals surface area contributed by atoms with E-state index >= 15 is 0 Å². The number of benzene rings is 1. The molecule has 1 rings (SSSR count). The molecule has 0 saturated carbocycles. The van der Waals surface area contributed by atoms with Gasteiger partial charge in [0.05, 0.1) is 4.92 Å². The maximum atomic E-state index is 13.2. The minimum Gasteiger partial charge on any atom is -0.324 e. The minimum atomic E-state index is -0.673. The van der Waals surface area contributed by atoms with Crippen LogP contribution in [0.3, 0.4) is 0 Å². The summed E-state index contributed by atoms with van der Waals surface area (Å²) < 4.78 is 13.2. The Morgan fingerprint density at radius 2 is 2.21 bits per heavy atom. The van der Waals surface area contributed by atoms with Gasteiger partial charge in [-0.2, -0.15) is 0 Å². The van der Waals surface area contributed by atoms with Crippen molar-refractivity contribution < 1.29 is 9.31 Å². The van der Waals surface area contributed by atoms with Crippen molar-refractivity contribution in [1.82, 2.24) is 0 Å². The molecule has 0 radical (unpaired) electrons. The van der Waals surface area contributed by atoms with Gasteiger partial charge < -0.3 is 5.73 Å². The SMILES string of the molecule is C[C@@H](N)c1cc([N+](=O)[O-])c(Cl)cc1F. The molecule has 14 heavy (non-hydrogen) atoms. The van der Waals surface area contributed by atoms with Crippen LogP contribution in [0.1, 0.15) is 18.5 Å². The molecule has 6 heteroatoms. The van der Waals surface area contributed by atoms with Gasteiger partial charge in [-0.05, 0) is 13.0 Å². The predicted octanol–water partition coefficient (Wildman–Crippen LogP) is 2.41. The molecule has 0 bridgehead atoms. The summed E-state index contributed by atoms with van der Waals surface area (Å²) in [6.07, 6.45) is 0. The fourth-order valence-corrected chi connectivity index (χ4v) is 1.26. The van der Waals surface area contributed by atoms with E-state index in [1.54, 1.807) is 0 Å². The first-order chi connectivity index (χ1) is 6.43. The van der Waals surface area contributed by atoms with Crippen molar-refractivity contribution in [3.05, 3.63) is 38.7 Å². The largest absolute Gasteiger partial charge is 0.324 e. The number of nitrogens with two attached hydrogens (primary N) is 1. The van der Waals surface area contributed by atoms with E-state index < -0.39 is 16.8 Å². The van der Waals surface area contributed by atoms with Crippen molar-refractivity contribution in [3.63, 3.8) is 0 Å². The normalized spacial score (nSPS) is 12.6. The molecule has 1 atom stereocenters. The van der Waals surface area contributed by atoms with E-state index in [1.165, 1.54) is 6.92 Å². The lowest BCUT2D eigenvalue weighted by Crippen LogP contribution is -2.08. The molecular formula is C8H8ClFN2O2. The van der Waals surface area contributed by atoms with Gasteiger partial charge in [-0.15, -0.1) is 0 Å². The van der Waals surface area contributed by atoms with Crippen LogP contribution >= 0.6 is 11.6 Å². The van der Waals surface area contributed by atoms with Crippen LogP contribution in [0.2, 0.25) is 5.02 Å². The van der Waals surface area contributed by atoms with Crippen molar-refractivity contribution in [2.45, 2.75) is 13.0 Å². The van der Waals surface area contributed by atoms with Crippen LogP contribution < -0.4 is 5.73 Å². The zero-order valence-corrected chi connectivity index (χ0v) is 8.08. The summed E-state index contributed by atoms with van der Waals surface area (Å²) in [5, 5.41) is 10.2. The molecule has 0 fully saturated rings. The quantitative estimate of drug-likeness (QED) is 0.612. The Hall–Kier alpha value is -1.20. The Kier molecular flexibility index (Phi) is 3.03. The van der Waals surface area contributed by atoms with E-state index in [0.29, 0.717) is 0 Å². The van der Waals surface area contributed by atoms with Crippen molar-refractivity contribution in [3.8, 4) is 0 Å². The van der Waals surface area contributed by atoms with Gasteiger partial charge in [-0.3, -0.25) is 10.1 Å². The second-order valence-corrected chi connectivity index (χ2v) is 3.28. The molecule has 0 aliphatic carbocycles. The molecule has 0 heterocycles. The third-order valence-corrected chi connectivity index (χ3v) is 2.06. The average Bonchev–Trinajstić information content (AvgIpc) is 2.02. The standard InChI is InChI=1S/C8H8ClFN2O2/c1-4(11)5-2-8(12(13)14)6(9)3-7(5)10/h2-4H,11H2,1H3/t4-/m1/s1. The van der Waals surface area contributed by atoms with E-state index in [4.69, 9.17) is 17.3 Å². The van der Waals surface area contributed by atoms with E-state index in [0.717, 1.165) is 12.1 Å². The number of hydrogen-bond acceptors (Lipinski definition) is 3. The van der Waals surface area contributed by atoms with Gasteiger partial charge in [0.1, 0.15) is 10.8 Å². The Labute approximate surface area is 84.6 Å². The van der Waals surface area contributed by atoms with Crippen molar-refractivity contribution in [1.29, 1.82) is 0 Å². The maximum absolute atomic E-state index is 13.2. The topological polar surface area (TPSA) is 69.2 Å². The van der Waals surface area contributed by atoms with Gasteiger partial charge >= 0.3 is 0 Å². The van der Waals surface area contributed by atoms with Crippen LogP contribution in [-0.2, 0) is 0 Å². The molecule has 1 aromatic rings. The Bertz CT molecular complexity index is 382. The lowest BCUT2D eigenvalue weighted by Gasteiger charge is -2.07. The van der Waals surface area contributed by atoms with Crippen LogP contribution in [0.5, 0.6) is 0 Å². The average molecular weight is 219 g/mol. The summed E-state index contributed by atoms with van der Waals surface area (Å²) in [5.41, 5.74) is 5.18. The Balaban J connectivity index is 3.34. The molecule has 0 aliphatic heterocycles. The molecule has 0 amide bonds. The van der Waals surface area contributed by atoms with Crippen LogP contribution in [0.25, 0.3) is 0 Å². The third-order valence-electron chi connectivity index (χ3n) is 1.75. The molecule has 2 N–H and O–H groups in total. The smallest absolute Gasteiger partial charge is 0.288 e. The molecular weight excluding hydrogens is 211 g/mol. The first kappa shape index (κ1) is 10.9. The first-order valence-electron chi connectivity index (χ1n) is 3.82. The van der Waals surface area contributed by atoms with Gasteiger partial charge in [0, 0.05) is 17.7 Å². The molecule has 0 aromatic heterocycles. The van der Waals surface area contributed by atoms with Crippen LogP contribution in [0.15, 0.2) is 12.1 Å². The molecule has 0 unspecified atom stereocenters. The summed E-state index contributed by atoms with van der Waals surface area (Å²) >= 11 is 5.48. The van der Waals surface area contributed by atoms with Crippen molar-refractivity contribution in [2.24, 2.45) is 5.73 Å². The molecule has 0 spiro atoms. The highest BCUT2D eigenvalue weighted by molar-refractivity contribution is 6.32. The third kappa shape index (κ3) is 2.00. The zero-order chi connectivity index (χ0) is 10.9. The second-order valence-electron chi connectivity index (χ2n) is 2.87. The Morgan fingerprint density at radius 3 is 2.64 bits per heavy atom. The van der Waals surface area contributed by atoms with Crippen LogP contribution in [0.4, 0.5) is 10.1 Å². The van der Waals surface area contributed by atoms with Crippen LogP contribution in [0, 0.1) is 15.9 Å². The highest BCUT2D eigenvalue weighted by Gasteiger charge is 2.18. The van der Waals surface area contributed by atoms with Crippen LogP contribution in [-0.4, -0.2) is 4.92 Å². The van der Waals surface area contributed by atoms with Crippen molar-refractivity contribution >= 4 is 17.3 Å². The fraction of sp³-hybridized carbons (Fsp3) is 0.250. The minimum absolute atomic E-state index is 0.0844. The lowest BCUT2D eigenvalue weighted by molar-refractivity contribution is -0.384. The summed E-state index contributed by atoms with van der Waals surface area (Å²) in [6.45, 7) is 1.54. The number of nitrogens with zero attached hydrogens (tertiary/aromatic N) is 1. The molecule has 76 valence electrons. The highest BCUT2D eigenvalue weighted by Crippen LogP contribution is 2.29. The first-order valence-corrected chi connectivity index (χ1v) is 4.20. The number of nitro benzene ring substituents is 1. The molecule has 4 nitrogen and oxygen atoms in total. The predicted molar refractivity (Wildman–Crippen MR) is 50.7 cm³/mol. The summed E-state index contributed by atoms with van der Waals surface area (Å²) in [7, 11) is 0. The van der Waals surface area contributed by atoms with E-state index in [-0.39, 0.29) is 16.3 Å². The number of nitro groups is 1. The van der Waals surface area contributed by atoms with Gasteiger partial charge in [0.2, 0.25) is 0 Å². The summed E-state index contributed by atoms with van der Waals surface area (Å²) in [4.78, 5) is 9.79. The second kappa shape index (κ2) is 3.89. The summed E-state index contributed by atoms with van der Waals surface area (Å²) in [5.74, 6) is -0.629. The highest BCUT2D eigenvalue weighted by atomic mass is 35.5. The number of rotatable bonds is 2. The van der Waals surface area contributed by atoms with E-state index in [9.17, 15) is 14.5 Å². The maximum Gasteiger partial charge on any atom is 0.288 e. The molecule has 0 aliphatic rings. The van der Waals surface area contributed by atoms with Gasteiger partial charge in [-0.25, -0.2) is 4.39 Å².